The minimum absolute atomic E-state index is 0.106. The molecule has 0 aliphatic heterocycles. The van der Waals surface area contributed by atoms with Crippen molar-refractivity contribution in [3.05, 3.63) is 78.4 Å². The van der Waals surface area contributed by atoms with E-state index in [1.54, 1.807) is 30.8 Å². The van der Waals surface area contributed by atoms with Crippen LogP contribution in [-0.2, 0) is 0 Å². The van der Waals surface area contributed by atoms with Gasteiger partial charge in [0.15, 0.2) is 5.69 Å². The number of aryl methyl sites for hydroxylation is 1. The number of pyridine rings is 2. The molecular weight excluding hydrogens is 440 g/mol. The zero-order valence-electron chi connectivity index (χ0n) is 19.8. The number of benzene rings is 2. The van der Waals surface area contributed by atoms with Gasteiger partial charge < -0.3 is 16.2 Å². The number of fused-ring (bicyclic) bond motifs is 2. The summed E-state index contributed by atoms with van der Waals surface area (Å²) in [5.41, 5.74) is 10.5. The van der Waals surface area contributed by atoms with Gasteiger partial charge in [-0.05, 0) is 50.6 Å². The second kappa shape index (κ2) is 8.48. The van der Waals surface area contributed by atoms with Gasteiger partial charge in [0.05, 0.1) is 39.9 Å². The maximum atomic E-state index is 11.9. The van der Waals surface area contributed by atoms with Crippen LogP contribution < -0.4 is 11.1 Å². The summed E-state index contributed by atoms with van der Waals surface area (Å²) in [5.74, 6) is -0.651. The molecule has 0 aliphatic carbocycles. The normalized spacial score (nSPS) is 11.8. The van der Waals surface area contributed by atoms with Crippen molar-refractivity contribution >= 4 is 33.4 Å². The van der Waals surface area contributed by atoms with E-state index in [1.807, 2.05) is 43.5 Å². The highest BCUT2D eigenvalue weighted by Gasteiger charge is 2.19. The highest BCUT2D eigenvalue weighted by atomic mass is 16.3. The third-order valence-corrected chi connectivity index (χ3v) is 5.85. The van der Waals surface area contributed by atoms with Crippen molar-refractivity contribution in [3.63, 3.8) is 0 Å². The van der Waals surface area contributed by atoms with Crippen LogP contribution in [-0.4, -0.2) is 42.9 Å². The standard InChI is InChI=1S/C27H26N6O2/c1-16-24-20(18-11-17-7-4-5-9-21(17)29-13-18)8-6-10-23(24)33(32-16)19-12-22(31-15-27(2,3)35)25(26(28)34)30-14-19/h4-14,31,35H,15H2,1-3H3,(H2,28,34). The van der Waals surface area contributed by atoms with Crippen molar-refractivity contribution in [3.8, 4) is 16.8 Å². The number of carbonyl (C=O) groups is 1. The predicted octanol–water partition coefficient (Wildman–Crippen LogP) is 4.23. The van der Waals surface area contributed by atoms with Gasteiger partial charge in [-0.2, -0.15) is 5.10 Å². The number of hydrogen-bond acceptors (Lipinski definition) is 6. The van der Waals surface area contributed by atoms with Crippen LogP contribution in [0.4, 0.5) is 5.69 Å². The van der Waals surface area contributed by atoms with Crippen LogP contribution in [0.15, 0.2) is 67.0 Å². The number of aromatic nitrogens is 4. The molecule has 0 radical (unpaired) electrons. The van der Waals surface area contributed by atoms with Crippen LogP contribution in [0.5, 0.6) is 0 Å². The van der Waals surface area contributed by atoms with Crippen LogP contribution in [0.3, 0.4) is 0 Å². The molecule has 0 spiro atoms. The van der Waals surface area contributed by atoms with E-state index in [0.29, 0.717) is 11.4 Å². The van der Waals surface area contributed by atoms with Gasteiger partial charge in [0, 0.05) is 29.1 Å². The van der Waals surface area contributed by atoms with Crippen molar-refractivity contribution in [2.45, 2.75) is 26.4 Å². The largest absolute Gasteiger partial charge is 0.389 e. The van der Waals surface area contributed by atoms with Crippen molar-refractivity contribution in [1.82, 2.24) is 19.7 Å². The first-order valence-corrected chi connectivity index (χ1v) is 11.3. The van der Waals surface area contributed by atoms with Gasteiger partial charge in [0.25, 0.3) is 5.91 Å². The molecule has 4 N–H and O–H groups in total. The fraction of sp³-hybridized carbons (Fsp3) is 0.185. The first kappa shape index (κ1) is 22.5. The molecule has 8 heteroatoms. The highest BCUT2D eigenvalue weighted by molar-refractivity contribution is 5.99. The molecule has 0 unspecified atom stereocenters. The Morgan fingerprint density at radius 1 is 1.09 bits per heavy atom. The summed E-state index contributed by atoms with van der Waals surface area (Å²) >= 11 is 0. The quantitative estimate of drug-likeness (QED) is 0.345. The first-order chi connectivity index (χ1) is 16.7. The Kier molecular flexibility index (Phi) is 5.45. The number of carbonyl (C=O) groups excluding carboxylic acids is 1. The molecule has 3 aromatic heterocycles. The molecule has 2 aromatic carbocycles. The topological polar surface area (TPSA) is 119 Å². The average Bonchev–Trinajstić information content (AvgIpc) is 3.18. The lowest BCUT2D eigenvalue weighted by atomic mass is 10.0. The number of hydrogen-bond donors (Lipinski definition) is 3. The number of aliphatic hydroxyl groups is 1. The number of nitrogens with two attached hydrogens (primary N) is 1. The van der Waals surface area contributed by atoms with E-state index in [-0.39, 0.29) is 12.2 Å². The number of rotatable bonds is 6. The summed E-state index contributed by atoms with van der Waals surface area (Å²) in [4.78, 5) is 20.9. The van der Waals surface area contributed by atoms with E-state index < -0.39 is 11.5 Å². The first-order valence-electron chi connectivity index (χ1n) is 11.3. The molecule has 0 bridgehead atoms. The SMILES string of the molecule is Cc1nn(-c2cnc(C(N)=O)c(NCC(C)(C)O)c2)c2cccc(-c3cnc4ccccc4c3)c12. The molecule has 8 nitrogen and oxygen atoms in total. The van der Waals surface area contributed by atoms with Crippen LogP contribution in [0.1, 0.15) is 30.0 Å². The van der Waals surface area contributed by atoms with Gasteiger partial charge in [0.1, 0.15) is 0 Å². The average molecular weight is 467 g/mol. The second-order valence-corrected chi connectivity index (χ2v) is 9.23. The summed E-state index contributed by atoms with van der Waals surface area (Å²) in [7, 11) is 0. The second-order valence-electron chi connectivity index (χ2n) is 9.23. The Morgan fingerprint density at radius 3 is 2.66 bits per heavy atom. The van der Waals surface area contributed by atoms with Gasteiger partial charge in [-0.1, -0.05) is 30.3 Å². The van der Waals surface area contributed by atoms with E-state index in [9.17, 15) is 9.90 Å². The number of nitrogens with zero attached hydrogens (tertiary/aromatic N) is 4. The summed E-state index contributed by atoms with van der Waals surface area (Å²) in [6.45, 7) is 5.54. The Hall–Kier alpha value is -4.30. The molecule has 35 heavy (non-hydrogen) atoms. The molecule has 5 rings (SSSR count). The van der Waals surface area contributed by atoms with Crippen LogP contribution in [0.2, 0.25) is 0 Å². The summed E-state index contributed by atoms with van der Waals surface area (Å²) in [6, 6.07) is 18.0. The zero-order valence-corrected chi connectivity index (χ0v) is 19.8. The highest BCUT2D eigenvalue weighted by Crippen LogP contribution is 2.33. The number of primary amides is 1. The van der Waals surface area contributed by atoms with Gasteiger partial charge in [0.2, 0.25) is 0 Å². The van der Waals surface area contributed by atoms with Gasteiger partial charge >= 0.3 is 0 Å². The van der Waals surface area contributed by atoms with Crippen molar-refractivity contribution in [1.29, 1.82) is 0 Å². The van der Waals surface area contributed by atoms with Crippen LogP contribution >= 0.6 is 0 Å². The van der Waals surface area contributed by atoms with Crippen molar-refractivity contribution in [2.24, 2.45) is 5.73 Å². The molecule has 0 saturated heterocycles. The Balaban J connectivity index is 1.64. The van der Waals surface area contributed by atoms with Gasteiger partial charge in [-0.25, -0.2) is 9.67 Å². The number of nitrogens with one attached hydrogen (secondary N) is 1. The molecule has 1 amide bonds. The summed E-state index contributed by atoms with van der Waals surface area (Å²) in [5, 5.41) is 20.1. The van der Waals surface area contributed by atoms with E-state index >= 15 is 0 Å². The number of para-hydroxylation sites is 1. The number of anilines is 1. The maximum absolute atomic E-state index is 11.9. The molecule has 3 heterocycles. The Morgan fingerprint density at radius 2 is 1.89 bits per heavy atom. The molecule has 176 valence electrons. The monoisotopic (exact) mass is 466 g/mol. The molecule has 0 aliphatic rings. The van der Waals surface area contributed by atoms with Crippen molar-refractivity contribution < 1.29 is 9.90 Å². The molecular formula is C27H26N6O2. The number of amides is 1. The predicted molar refractivity (Wildman–Crippen MR) is 138 cm³/mol. The smallest absolute Gasteiger partial charge is 0.269 e. The summed E-state index contributed by atoms with van der Waals surface area (Å²) < 4.78 is 1.80. The van der Waals surface area contributed by atoms with Crippen LogP contribution in [0, 0.1) is 6.92 Å². The molecule has 0 fully saturated rings. The van der Waals surface area contributed by atoms with Gasteiger partial charge in [-0.15, -0.1) is 0 Å². The van der Waals surface area contributed by atoms with E-state index in [0.717, 1.165) is 38.6 Å². The zero-order chi connectivity index (χ0) is 24.7. The Bertz CT molecular complexity index is 1580. The lowest BCUT2D eigenvalue weighted by molar-refractivity contribution is 0.0939. The minimum atomic E-state index is -0.983. The van der Waals surface area contributed by atoms with E-state index in [2.05, 4.69) is 33.5 Å². The molecule has 0 saturated carbocycles. The molecule has 0 atom stereocenters. The summed E-state index contributed by atoms with van der Waals surface area (Å²) in [6.07, 6.45) is 3.46. The van der Waals surface area contributed by atoms with E-state index in [4.69, 9.17) is 10.8 Å². The maximum Gasteiger partial charge on any atom is 0.269 e. The van der Waals surface area contributed by atoms with Crippen molar-refractivity contribution in [2.75, 3.05) is 11.9 Å². The lowest BCUT2D eigenvalue weighted by Crippen LogP contribution is -2.30. The Labute approximate surface area is 202 Å². The van der Waals surface area contributed by atoms with Crippen LogP contribution in [0.25, 0.3) is 38.6 Å². The lowest BCUT2D eigenvalue weighted by Gasteiger charge is -2.19. The third kappa shape index (κ3) is 4.31. The van der Waals surface area contributed by atoms with Gasteiger partial charge in [-0.3, -0.25) is 9.78 Å². The fourth-order valence-corrected chi connectivity index (χ4v) is 4.22. The third-order valence-electron chi connectivity index (χ3n) is 5.85. The van der Waals surface area contributed by atoms with E-state index in [1.165, 1.54) is 0 Å². The fourth-order valence-electron chi connectivity index (χ4n) is 4.22. The minimum Gasteiger partial charge on any atom is -0.389 e. The molecule has 5 aromatic rings.